The van der Waals surface area contributed by atoms with Gasteiger partial charge in [-0.25, -0.2) is 0 Å². The second-order valence-electron chi connectivity index (χ2n) is 5.46. The van der Waals surface area contributed by atoms with E-state index in [1.54, 1.807) is 0 Å². The number of nitrogens with zero attached hydrogens (tertiary/aromatic N) is 1. The van der Waals surface area contributed by atoms with Gasteiger partial charge in [-0.3, -0.25) is 9.89 Å². The Hall–Kier alpha value is -2.10. The third-order valence-electron chi connectivity index (χ3n) is 3.91. The van der Waals surface area contributed by atoms with E-state index in [2.05, 4.69) is 46.7 Å². The molecule has 1 aromatic carbocycles. The highest BCUT2D eigenvalue weighted by atomic mass is 16.1. The molecule has 2 rings (SSSR count). The van der Waals surface area contributed by atoms with Crippen molar-refractivity contribution in [2.45, 2.75) is 46.6 Å². The van der Waals surface area contributed by atoms with Gasteiger partial charge in [-0.15, -0.1) is 0 Å². The molecule has 2 N–H and O–H groups in total. The van der Waals surface area contributed by atoms with Gasteiger partial charge in [-0.1, -0.05) is 31.2 Å². The molecule has 2 aromatic rings. The fraction of sp³-hybridized carbons (Fsp3) is 0.412. The van der Waals surface area contributed by atoms with Crippen LogP contribution in [0.15, 0.2) is 24.3 Å². The van der Waals surface area contributed by atoms with Crippen LogP contribution in [0.3, 0.4) is 0 Å². The van der Waals surface area contributed by atoms with E-state index in [-0.39, 0.29) is 11.8 Å². The molecular formula is C17H23N3O. The number of hydrogen-bond donors (Lipinski definition) is 2. The van der Waals surface area contributed by atoms with Crippen LogP contribution in [0, 0.1) is 13.8 Å². The van der Waals surface area contributed by atoms with Crippen LogP contribution in [0.2, 0.25) is 0 Å². The molecule has 21 heavy (non-hydrogen) atoms. The summed E-state index contributed by atoms with van der Waals surface area (Å²) in [5.74, 6) is -0.166. The van der Waals surface area contributed by atoms with Crippen LogP contribution >= 0.6 is 0 Å². The van der Waals surface area contributed by atoms with Crippen LogP contribution < -0.4 is 5.32 Å². The number of rotatable bonds is 5. The average molecular weight is 285 g/mol. The van der Waals surface area contributed by atoms with Gasteiger partial charge in [-0.05, 0) is 38.3 Å². The first-order chi connectivity index (χ1) is 10.0. The zero-order valence-electron chi connectivity index (χ0n) is 13.2. The van der Waals surface area contributed by atoms with Gasteiger partial charge in [0.1, 0.15) is 0 Å². The third kappa shape index (κ3) is 3.51. The van der Waals surface area contributed by atoms with E-state index in [9.17, 15) is 4.79 Å². The molecule has 1 aromatic heterocycles. The fourth-order valence-electron chi connectivity index (χ4n) is 2.56. The second-order valence-corrected chi connectivity index (χ2v) is 5.46. The predicted octanol–water partition coefficient (Wildman–Crippen LogP) is 3.01. The van der Waals surface area contributed by atoms with Crippen molar-refractivity contribution in [3.8, 4) is 0 Å². The number of aromatic amines is 1. The number of benzene rings is 1. The Labute approximate surface area is 126 Å². The molecule has 1 unspecified atom stereocenters. The molecule has 112 valence electrons. The topological polar surface area (TPSA) is 57.8 Å². The van der Waals surface area contributed by atoms with Crippen LogP contribution in [-0.2, 0) is 17.8 Å². The van der Waals surface area contributed by atoms with E-state index >= 15 is 0 Å². The van der Waals surface area contributed by atoms with E-state index in [1.807, 2.05) is 20.8 Å². The highest BCUT2D eigenvalue weighted by Gasteiger charge is 2.20. The van der Waals surface area contributed by atoms with Gasteiger partial charge in [0.2, 0.25) is 5.91 Å². The Morgan fingerprint density at radius 1 is 1.24 bits per heavy atom. The molecule has 0 aliphatic carbocycles. The highest BCUT2D eigenvalue weighted by Crippen LogP contribution is 2.21. The maximum atomic E-state index is 12.3. The van der Waals surface area contributed by atoms with Gasteiger partial charge in [0.05, 0.1) is 11.6 Å². The summed E-state index contributed by atoms with van der Waals surface area (Å²) in [6.07, 6.45) is 1.03. The quantitative estimate of drug-likeness (QED) is 0.887. The molecule has 0 aliphatic rings. The monoisotopic (exact) mass is 285 g/mol. The van der Waals surface area contributed by atoms with Crippen molar-refractivity contribution in [2.75, 3.05) is 0 Å². The number of nitrogens with one attached hydrogen (secondary N) is 2. The number of amides is 1. The SMILES string of the molecule is CCc1ccc(CNC(=O)C(C)c2c(C)n[nH]c2C)cc1. The van der Waals surface area contributed by atoms with Crippen molar-refractivity contribution in [3.05, 3.63) is 52.3 Å². The summed E-state index contributed by atoms with van der Waals surface area (Å²) < 4.78 is 0. The summed E-state index contributed by atoms with van der Waals surface area (Å²) in [7, 11) is 0. The van der Waals surface area contributed by atoms with Gasteiger partial charge in [0, 0.05) is 17.8 Å². The summed E-state index contributed by atoms with van der Waals surface area (Å²) >= 11 is 0. The lowest BCUT2D eigenvalue weighted by Crippen LogP contribution is -2.28. The molecule has 4 nitrogen and oxygen atoms in total. The molecule has 0 aliphatic heterocycles. The van der Waals surface area contributed by atoms with Gasteiger partial charge in [0.25, 0.3) is 0 Å². The smallest absolute Gasteiger partial charge is 0.227 e. The minimum absolute atomic E-state index is 0.0298. The molecule has 0 radical (unpaired) electrons. The Balaban J connectivity index is 1.98. The molecule has 4 heteroatoms. The summed E-state index contributed by atoms with van der Waals surface area (Å²) in [4.78, 5) is 12.3. The summed E-state index contributed by atoms with van der Waals surface area (Å²) in [6, 6.07) is 8.35. The maximum absolute atomic E-state index is 12.3. The second kappa shape index (κ2) is 6.57. The Morgan fingerprint density at radius 3 is 2.38 bits per heavy atom. The molecule has 0 fully saturated rings. The fourth-order valence-corrected chi connectivity index (χ4v) is 2.56. The standard InChI is InChI=1S/C17H23N3O/c1-5-14-6-8-15(9-7-14)10-18-17(21)11(2)16-12(3)19-20-13(16)4/h6-9,11H,5,10H2,1-4H3,(H,18,21)(H,19,20). The summed E-state index contributed by atoms with van der Waals surface area (Å²) in [5, 5.41) is 10.1. The summed E-state index contributed by atoms with van der Waals surface area (Å²) in [6.45, 7) is 8.48. The van der Waals surface area contributed by atoms with E-state index < -0.39 is 0 Å². The normalized spacial score (nSPS) is 12.2. The lowest BCUT2D eigenvalue weighted by atomic mass is 9.98. The highest BCUT2D eigenvalue weighted by molar-refractivity contribution is 5.83. The molecular weight excluding hydrogens is 262 g/mol. The van der Waals surface area contributed by atoms with Crippen molar-refractivity contribution in [2.24, 2.45) is 0 Å². The Morgan fingerprint density at radius 2 is 1.86 bits per heavy atom. The van der Waals surface area contributed by atoms with Gasteiger partial charge in [0.15, 0.2) is 0 Å². The molecule has 1 amide bonds. The number of aromatic nitrogens is 2. The maximum Gasteiger partial charge on any atom is 0.227 e. The molecule has 1 heterocycles. The van der Waals surface area contributed by atoms with Gasteiger partial charge >= 0.3 is 0 Å². The van der Waals surface area contributed by atoms with Crippen LogP contribution in [0.4, 0.5) is 0 Å². The van der Waals surface area contributed by atoms with Gasteiger partial charge < -0.3 is 5.32 Å². The Kier molecular flexibility index (Phi) is 4.78. The van der Waals surface area contributed by atoms with Crippen LogP contribution in [0.1, 0.15) is 47.8 Å². The number of hydrogen-bond acceptors (Lipinski definition) is 2. The average Bonchev–Trinajstić information content (AvgIpc) is 2.83. The van der Waals surface area contributed by atoms with Crippen molar-refractivity contribution >= 4 is 5.91 Å². The van der Waals surface area contributed by atoms with Crippen LogP contribution in [0.5, 0.6) is 0 Å². The van der Waals surface area contributed by atoms with E-state index in [0.29, 0.717) is 6.54 Å². The van der Waals surface area contributed by atoms with E-state index in [1.165, 1.54) is 5.56 Å². The number of H-pyrrole nitrogens is 1. The molecule has 0 spiro atoms. The van der Waals surface area contributed by atoms with Crippen molar-refractivity contribution in [1.82, 2.24) is 15.5 Å². The molecule has 0 saturated heterocycles. The van der Waals surface area contributed by atoms with Crippen molar-refractivity contribution in [3.63, 3.8) is 0 Å². The minimum atomic E-state index is -0.196. The lowest BCUT2D eigenvalue weighted by Gasteiger charge is -2.13. The van der Waals surface area contributed by atoms with E-state index in [0.717, 1.165) is 28.9 Å². The van der Waals surface area contributed by atoms with Crippen LogP contribution in [0.25, 0.3) is 0 Å². The van der Waals surface area contributed by atoms with Crippen LogP contribution in [-0.4, -0.2) is 16.1 Å². The van der Waals surface area contributed by atoms with E-state index in [4.69, 9.17) is 0 Å². The first kappa shape index (κ1) is 15.3. The number of aryl methyl sites for hydroxylation is 3. The lowest BCUT2D eigenvalue weighted by molar-refractivity contribution is -0.122. The molecule has 0 saturated carbocycles. The van der Waals surface area contributed by atoms with Crippen molar-refractivity contribution < 1.29 is 4.79 Å². The zero-order valence-corrected chi connectivity index (χ0v) is 13.2. The Bertz CT molecular complexity index is 594. The summed E-state index contributed by atoms with van der Waals surface area (Å²) in [5.41, 5.74) is 5.27. The number of carbonyl (C=O) groups is 1. The van der Waals surface area contributed by atoms with Crippen molar-refractivity contribution in [1.29, 1.82) is 0 Å². The first-order valence-electron chi connectivity index (χ1n) is 7.40. The molecule has 1 atom stereocenters. The predicted molar refractivity (Wildman–Crippen MR) is 84.1 cm³/mol. The largest absolute Gasteiger partial charge is 0.352 e. The third-order valence-corrected chi connectivity index (χ3v) is 3.91. The molecule has 0 bridgehead atoms. The minimum Gasteiger partial charge on any atom is -0.352 e. The zero-order chi connectivity index (χ0) is 15.4. The van der Waals surface area contributed by atoms with Gasteiger partial charge in [-0.2, -0.15) is 5.10 Å². The number of carbonyl (C=O) groups excluding carboxylic acids is 1. The first-order valence-corrected chi connectivity index (χ1v) is 7.40.